The number of aliphatic hydroxyl groups is 1. The van der Waals surface area contributed by atoms with Gasteiger partial charge < -0.3 is 27.5 Å². The van der Waals surface area contributed by atoms with Crippen LogP contribution >= 0.6 is 0 Å². The fraction of sp³-hybridized carbons (Fsp3) is 1.00. The molecule has 9 heavy (non-hydrogen) atoms. The van der Waals surface area contributed by atoms with E-state index in [0.29, 0.717) is 6.73 Å². The van der Waals surface area contributed by atoms with Crippen LogP contribution in [0, 0.1) is 0 Å². The Hall–Kier alpha value is 0.904. The van der Waals surface area contributed by atoms with E-state index in [1.807, 2.05) is 0 Å². The zero-order chi connectivity index (χ0) is 6.12. The van der Waals surface area contributed by atoms with Crippen molar-refractivity contribution in [1.29, 1.82) is 0 Å². The molecule has 0 aliphatic heterocycles. The summed E-state index contributed by atoms with van der Waals surface area (Å²) in [6.07, 6.45) is 0. The predicted molar refractivity (Wildman–Crippen MR) is 32.6 cm³/mol. The first-order chi connectivity index (χ1) is 3.33. The van der Waals surface area contributed by atoms with Crippen LogP contribution in [0.2, 0.25) is 0 Å². The molecule has 5 nitrogen and oxygen atoms in total. The van der Waals surface area contributed by atoms with E-state index in [-0.39, 0.29) is 45.6 Å². The van der Waals surface area contributed by atoms with Gasteiger partial charge in [-0.15, -0.1) is 0 Å². The molecule has 0 spiro atoms. The Morgan fingerprint density at radius 2 is 1.56 bits per heavy atom. The van der Waals surface area contributed by atoms with Crippen molar-refractivity contribution in [3.8, 4) is 0 Å². The van der Waals surface area contributed by atoms with Gasteiger partial charge in [0.2, 0.25) is 0 Å². The zero-order valence-electron chi connectivity index (χ0n) is 5.58. The second-order valence-corrected chi connectivity index (χ2v) is 0.638. The molecule has 0 amide bonds. The Balaban J connectivity index is -0.0000000233. The number of hydrogen-bond donors (Lipinski definition) is 3. The van der Waals surface area contributed by atoms with Crippen molar-refractivity contribution >= 4 is 0 Å². The molecule has 0 unspecified atom stereocenters. The van der Waals surface area contributed by atoms with Crippen molar-refractivity contribution in [2.75, 3.05) is 20.6 Å². The second kappa shape index (κ2) is 36.5. The Morgan fingerprint density at radius 1 is 1.44 bits per heavy atom. The van der Waals surface area contributed by atoms with Crippen LogP contribution < -0.4 is 11.5 Å². The smallest absolute Gasteiger partial charge is 0.0936 e. The molecule has 0 aromatic rings. The molecule has 0 aromatic heterocycles. The van der Waals surface area contributed by atoms with Crippen LogP contribution in [0.3, 0.4) is 0 Å². The first kappa shape index (κ1) is 22.5. The van der Waals surface area contributed by atoms with E-state index >= 15 is 0 Å². The third-order valence-electron chi connectivity index (χ3n) is 0.167. The van der Waals surface area contributed by atoms with E-state index in [4.69, 9.17) is 10.8 Å². The van der Waals surface area contributed by atoms with Crippen molar-refractivity contribution in [2.45, 2.75) is 0 Å². The van der Waals surface area contributed by atoms with E-state index in [0.717, 1.165) is 0 Å². The maximum atomic E-state index is 7.35. The third-order valence-corrected chi connectivity index (χ3v) is 0.167. The molecule has 0 fully saturated rings. The van der Waals surface area contributed by atoms with E-state index in [1.165, 1.54) is 0 Å². The minimum Gasteiger partial charge on any atom is -0.693 e. The number of hydrogen-bond acceptors (Lipinski definition) is 4. The molecule has 0 rings (SSSR count). The van der Waals surface area contributed by atoms with Gasteiger partial charge in [-0.2, -0.15) is 0 Å². The van der Waals surface area contributed by atoms with Gasteiger partial charge >= 0.3 is 0 Å². The molecule has 0 saturated carbocycles. The minimum atomic E-state index is -0.250. The summed E-state index contributed by atoms with van der Waals surface area (Å²) in [7, 11) is 1.56. The van der Waals surface area contributed by atoms with Gasteiger partial charge in [0.15, 0.2) is 0 Å². The van der Waals surface area contributed by atoms with Gasteiger partial charge in [0.1, 0.15) is 0 Å². The molecule has 0 aliphatic rings. The molecule has 7 N–H and O–H groups in total. The molecule has 0 aliphatic carbocycles. The maximum absolute atomic E-state index is 7.35. The Labute approximate surface area is 80.6 Å². The molecular formula is C3H14N3O2Y-. The molecule has 0 saturated heterocycles. The van der Waals surface area contributed by atoms with Crippen molar-refractivity contribution in [3.05, 3.63) is 6.15 Å². The maximum Gasteiger partial charge on any atom is 0.0936 e. The van der Waals surface area contributed by atoms with Crippen LogP contribution in [-0.4, -0.2) is 25.7 Å². The molecule has 0 bridgehead atoms. The quantitative estimate of drug-likeness (QED) is 0.492. The fourth-order valence-electron chi connectivity index (χ4n) is 0. The standard InChI is InChI=1S/C2H7NO.CH5NO.H2N.Y/c1-4-2-3;2-1-3;;/h2-3H2,1H3;3H,1-2H2;1H2;/q;;-1;. The first-order valence-electron chi connectivity index (χ1n) is 1.83. The predicted octanol–water partition coefficient (Wildman–Crippen LogP) is -0.841. The number of ether oxygens (including phenoxy) is 1. The molecule has 0 heterocycles. The van der Waals surface area contributed by atoms with Gasteiger partial charge in [0.25, 0.3) is 0 Å². The number of nitrogens with two attached hydrogens (primary N) is 3. The van der Waals surface area contributed by atoms with Crippen molar-refractivity contribution in [3.63, 3.8) is 0 Å². The molecule has 1 radical (unpaired) electrons. The van der Waals surface area contributed by atoms with E-state index in [2.05, 4.69) is 10.5 Å². The summed E-state index contributed by atoms with van der Waals surface area (Å²) in [6, 6.07) is 0. The number of aliphatic hydroxyl groups excluding tert-OH is 1. The van der Waals surface area contributed by atoms with Gasteiger partial charge in [-0.25, -0.2) is 0 Å². The molecular weight excluding hydrogens is 199 g/mol. The summed E-state index contributed by atoms with van der Waals surface area (Å²) in [5.41, 5.74) is 9.21. The average Bonchev–Trinajstić information content (AvgIpc) is 1.69. The third kappa shape index (κ3) is 117. The minimum absolute atomic E-state index is 0. The van der Waals surface area contributed by atoms with Crippen LogP contribution in [-0.2, 0) is 37.4 Å². The van der Waals surface area contributed by atoms with Gasteiger partial charge in [-0.3, -0.25) is 0 Å². The fourth-order valence-corrected chi connectivity index (χ4v) is 0. The van der Waals surface area contributed by atoms with Gasteiger partial charge in [0.05, 0.1) is 13.5 Å². The molecule has 0 atom stereocenters. The summed E-state index contributed by atoms with van der Waals surface area (Å²) >= 11 is 0. The Kier molecular flexibility index (Phi) is 91.4. The van der Waals surface area contributed by atoms with Crippen molar-refractivity contribution < 1.29 is 42.6 Å². The van der Waals surface area contributed by atoms with Crippen molar-refractivity contribution in [2.24, 2.45) is 11.5 Å². The Morgan fingerprint density at radius 3 is 1.56 bits per heavy atom. The van der Waals surface area contributed by atoms with E-state index in [1.54, 1.807) is 7.11 Å². The SMILES string of the molecule is COCN.NCO.[NH2-].[Y]. The van der Waals surface area contributed by atoms with Gasteiger partial charge in [0, 0.05) is 39.8 Å². The molecule has 57 valence electrons. The van der Waals surface area contributed by atoms with Crippen LogP contribution in [0.5, 0.6) is 0 Å². The zero-order valence-corrected chi connectivity index (χ0v) is 8.42. The van der Waals surface area contributed by atoms with Crippen LogP contribution in [0.15, 0.2) is 0 Å². The Bertz CT molecular complexity index is 24.5. The van der Waals surface area contributed by atoms with Gasteiger partial charge in [-0.05, 0) is 0 Å². The first-order valence-corrected chi connectivity index (χ1v) is 1.83. The topological polar surface area (TPSA) is 115 Å². The summed E-state index contributed by atoms with van der Waals surface area (Å²) in [5, 5.41) is 7.35. The van der Waals surface area contributed by atoms with Gasteiger partial charge in [-0.1, -0.05) is 0 Å². The molecule has 6 heteroatoms. The van der Waals surface area contributed by atoms with E-state index < -0.39 is 0 Å². The normalized spacial score (nSPS) is 5.33. The van der Waals surface area contributed by atoms with E-state index in [9.17, 15) is 0 Å². The van der Waals surface area contributed by atoms with Crippen LogP contribution in [0.1, 0.15) is 0 Å². The van der Waals surface area contributed by atoms with Crippen LogP contribution in [0.25, 0.3) is 6.15 Å². The second-order valence-electron chi connectivity index (χ2n) is 0.638. The van der Waals surface area contributed by atoms with Crippen molar-refractivity contribution in [1.82, 2.24) is 0 Å². The largest absolute Gasteiger partial charge is 0.693 e. The summed E-state index contributed by atoms with van der Waals surface area (Å²) < 4.78 is 4.32. The number of methoxy groups -OCH3 is 1. The van der Waals surface area contributed by atoms with Crippen LogP contribution in [0.4, 0.5) is 0 Å². The average molecular weight is 213 g/mol. The summed E-state index contributed by atoms with van der Waals surface area (Å²) in [5.74, 6) is 0. The molecule has 0 aromatic carbocycles. The monoisotopic (exact) mass is 213 g/mol. The summed E-state index contributed by atoms with van der Waals surface area (Å²) in [6.45, 7) is 0.0694. The number of rotatable bonds is 1. The summed E-state index contributed by atoms with van der Waals surface area (Å²) in [4.78, 5) is 0.